The summed E-state index contributed by atoms with van der Waals surface area (Å²) in [5.41, 5.74) is 0.492. The molecule has 0 bridgehead atoms. The summed E-state index contributed by atoms with van der Waals surface area (Å²) < 4.78 is 0. The molecule has 1 atom stereocenters. The van der Waals surface area contributed by atoms with E-state index in [2.05, 4.69) is 39.6 Å². The van der Waals surface area contributed by atoms with Crippen molar-refractivity contribution >= 4 is 0 Å². The summed E-state index contributed by atoms with van der Waals surface area (Å²) in [6.07, 6.45) is 7.59. The van der Waals surface area contributed by atoms with E-state index < -0.39 is 0 Å². The van der Waals surface area contributed by atoms with Crippen molar-refractivity contribution in [3.05, 3.63) is 0 Å². The van der Waals surface area contributed by atoms with E-state index in [1.165, 1.54) is 12.8 Å². The molecule has 1 N–H and O–H groups in total. The summed E-state index contributed by atoms with van der Waals surface area (Å²) >= 11 is 0. The molecule has 0 aromatic carbocycles. The third-order valence-corrected chi connectivity index (χ3v) is 5.61. The fourth-order valence-electron chi connectivity index (χ4n) is 3.87. The Labute approximate surface area is 107 Å². The Morgan fingerprint density at radius 3 is 1.88 bits per heavy atom. The maximum Gasteiger partial charge on any atom is 0.0558 e. The van der Waals surface area contributed by atoms with Gasteiger partial charge in [-0.15, -0.1) is 0 Å². The van der Waals surface area contributed by atoms with Gasteiger partial charge in [-0.25, -0.2) is 0 Å². The van der Waals surface area contributed by atoms with Gasteiger partial charge in [0.05, 0.1) is 6.10 Å². The number of hydrogen-bond donors (Lipinski definition) is 1. The first kappa shape index (κ1) is 15.0. The van der Waals surface area contributed by atoms with Crippen LogP contribution in [0, 0.1) is 0 Å². The number of likely N-dealkylation sites (tertiary alicyclic amines) is 1. The zero-order valence-corrected chi connectivity index (χ0v) is 12.4. The Hall–Kier alpha value is -0.0800. The normalized spacial score (nSPS) is 28.9. The number of aliphatic hydroxyl groups is 1. The van der Waals surface area contributed by atoms with Crippen LogP contribution in [0.5, 0.6) is 0 Å². The smallest absolute Gasteiger partial charge is 0.0558 e. The molecular weight excluding hydrogens is 210 g/mol. The lowest BCUT2D eigenvalue weighted by Crippen LogP contribution is -2.57. The van der Waals surface area contributed by atoms with E-state index in [9.17, 15) is 5.11 Å². The van der Waals surface area contributed by atoms with E-state index in [-0.39, 0.29) is 11.6 Å². The minimum Gasteiger partial charge on any atom is -0.393 e. The molecule has 0 aliphatic carbocycles. The van der Waals surface area contributed by atoms with Gasteiger partial charge in [0, 0.05) is 11.1 Å². The fourth-order valence-corrected chi connectivity index (χ4v) is 3.87. The van der Waals surface area contributed by atoms with Crippen LogP contribution in [0.4, 0.5) is 0 Å². The Bertz CT molecular complexity index is 231. The molecule has 0 saturated carbocycles. The van der Waals surface area contributed by atoms with Gasteiger partial charge < -0.3 is 5.11 Å². The Balaban J connectivity index is 3.12. The van der Waals surface area contributed by atoms with Crippen LogP contribution in [-0.2, 0) is 0 Å². The van der Waals surface area contributed by atoms with E-state index in [1.54, 1.807) is 0 Å². The second kappa shape index (κ2) is 5.71. The van der Waals surface area contributed by atoms with Crippen molar-refractivity contribution in [3.8, 4) is 0 Å². The van der Waals surface area contributed by atoms with Crippen LogP contribution in [0.15, 0.2) is 0 Å². The minimum atomic E-state index is -0.114. The fraction of sp³-hybridized carbons (Fsp3) is 1.00. The van der Waals surface area contributed by atoms with E-state index in [0.29, 0.717) is 5.54 Å². The summed E-state index contributed by atoms with van der Waals surface area (Å²) in [4.78, 5) is 2.62. The zero-order chi connectivity index (χ0) is 13.1. The first-order chi connectivity index (χ1) is 8.00. The van der Waals surface area contributed by atoms with Crippen LogP contribution in [0.25, 0.3) is 0 Å². The molecule has 0 aromatic rings. The largest absolute Gasteiger partial charge is 0.393 e. The van der Waals surface area contributed by atoms with Gasteiger partial charge in [-0.2, -0.15) is 0 Å². The first-order valence-corrected chi connectivity index (χ1v) is 7.42. The average molecular weight is 241 g/mol. The van der Waals surface area contributed by atoms with Crippen LogP contribution >= 0.6 is 0 Å². The molecule has 0 aromatic heterocycles. The van der Waals surface area contributed by atoms with Gasteiger partial charge in [0.2, 0.25) is 0 Å². The molecule has 2 nitrogen and oxygen atoms in total. The predicted octanol–water partition coefficient (Wildman–Crippen LogP) is 3.58. The number of rotatable bonds is 4. The van der Waals surface area contributed by atoms with Gasteiger partial charge >= 0.3 is 0 Å². The molecule has 0 spiro atoms. The number of nitrogens with zero attached hydrogens (tertiary/aromatic N) is 1. The minimum absolute atomic E-state index is 0.114. The van der Waals surface area contributed by atoms with E-state index in [1.807, 2.05) is 0 Å². The van der Waals surface area contributed by atoms with Crippen molar-refractivity contribution in [2.75, 3.05) is 7.05 Å². The lowest BCUT2D eigenvalue weighted by Gasteiger charge is -2.51. The quantitative estimate of drug-likeness (QED) is 0.813. The standard InChI is InChI=1S/C15H31NO/c1-6-14(7-2)11-10-13(17)12-15(8-3,9-4)16(14)5/h13,17H,6-12H2,1-5H3. The topological polar surface area (TPSA) is 23.5 Å². The molecule has 2 heteroatoms. The molecule has 0 radical (unpaired) electrons. The second-order valence-electron chi connectivity index (χ2n) is 5.82. The van der Waals surface area contributed by atoms with Gasteiger partial charge in [-0.05, 0) is 52.0 Å². The van der Waals surface area contributed by atoms with Crippen LogP contribution in [0.3, 0.4) is 0 Å². The van der Waals surface area contributed by atoms with Crippen molar-refractivity contribution < 1.29 is 5.11 Å². The highest BCUT2D eigenvalue weighted by atomic mass is 16.3. The van der Waals surface area contributed by atoms with E-state index >= 15 is 0 Å². The Kier molecular flexibility index (Phi) is 5.03. The number of hydrogen-bond acceptors (Lipinski definition) is 2. The van der Waals surface area contributed by atoms with E-state index in [0.717, 1.165) is 32.1 Å². The summed E-state index contributed by atoms with van der Waals surface area (Å²) in [6.45, 7) is 9.14. The molecule has 1 rings (SSSR count). The highest BCUT2D eigenvalue weighted by Crippen LogP contribution is 2.43. The van der Waals surface area contributed by atoms with Crippen LogP contribution in [-0.4, -0.2) is 34.2 Å². The van der Waals surface area contributed by atoms with Crippen molar-refractivity contribution in [2.45, 2.75) is 89.8 Å². The lowest BCUT2D eigenvalue weighted by atomic mass is 9.81. The molecule has 102 valence electrons. The monoisotopic (exact) mass is 241 g/mol. The maximum atomic E-state index is 10.2. The van der Waals surface area contributed by atoms with Crippen LogP contribution in [0.2, 0.25) is 0 Å². The highest BCUT2D eigenvalue weighted by Gasteiger charge is 2.45. The molecule has 1 aliphatic rings. The van der Waals surface area contributed by atoms with Gasteiger partial charge in [0.25, 0.3) is 0 Å². The van der Waals surface area contributed by atoms with Crippen molar-refractivity contribution in [1.82, 2.24) is 4.90 Å². The summed E-state index contributed by atoms with van der Waals surface area (Å²) in [5.74, 6) is 0. The first-order valence-electron chi connectivity index (χ1n) is 7.42. The summed E-state index contributed by atoms with van der Waals surface area (Å²) in [7, 11) is 2.29. The molecule has 1 aliphatic heterocycles. The zero-order valence-electron chi connectivity index (χ0n) is 12.4. The van der Waals surface area contributed by atoms with E-state index in [4.69, 9.17) is 0 Å². The Morgan fingerprint density at radius 1 is 1.00 bits per heavy atom. The molecule has 1 fully saturated rings. The maximum absolute atomic E-state index is 10.2. The number of aliphatic hydroxyl groups excluding tert-OH is 1. The molecule has 1 unspecified atom stereocenters. The lowest BCUT2D eigenvalue weighted by molar-refractivity contribution is -0.0155. The van der Waals surface area contributed by atoms with Crippen molar-refractivity contribution in [1.29, 1.82) is 0 Å². The van der Waals surface area contributed by atoms with Gasteiger partial charge in [-0.3, -0.25) is 4.90 Å². The molecule has 17 heavy (non-hydrogen) atoms. The van der Waals surface area contributed by atoms with Crippen molar-refractivity contribution in [2.24, 2.45) is 0 Å². The SMILES string of the molecule is CCC1(CC)CCC(O)CC(CC)(CC)N1C. The Morgan fingerprint density at radius 2 is 1.47 bits per heavy atom. The van der Waals surface area contributed by atoms with Gasteiger partial charge in [0.1, 0.15) is 0 Å². The summed E-state index contributed by atoms with van der Waals surface area (Å²) in [6, 6.07) is 0. The highest BCUT2D eigenvalue weighted by molar-refractivity contribution is 5.01. The molecule has 1 saturated heterocycles. The molecule has 1 heterocycles. The van der Waals surface area contributed by atoms with Crippen molar-refractivity contribution in [3.63, 3.8) is 0 Å². The average Bonchev–Trinajstić information content (AvgIpc) is 2.47. The predicted molar refractivity (Wildman–Crippen MR) is 74.2 cm³/mol. The summed E-state index contributed by atoms with van der Waals surface area (Å²) in [5, 5.41) is 10.2. The molecule has 0 amide bonds. The van der Waals surface area contributed by atoms with Crippen LogP contribution in [0.1, 0.15) is 72.6 Å². The van der Waals surface area contributed by atoms with Crippen LogP contribution < -0.4 is 0 Å². The van der Waals surface area contributed by atoms with Gasteiger partial charge in [0.15, 0.2) is 0 Å². The third kappa shape index (κ3) is 2.53. The third-order valence-electron chi connectivity index (χ3n) is 5.61. The van der Waals surface area contributed by atoms with Gasteiger partial charge in [-0.1, -0.05) is 27.7 Å². The second-order valence-corrected chi connectivity index (χ2v) is 5.82. The molecular formula is C15H31NO.